The minimum Gasteiger partial charge on any atom is -0.481 e. The van der Waals surface area contributed by atoms with Gasteiger partial charge in [0.2, 0.25) is 0 Å². The number of carbonyl (C=O) groups excluding carboxylic acids is 1. The van der Waals surface area contributed by atoms with Crippen LogP contribution in [0.25, 0.3) is 0 Å². The molecule has 2 rings (SSSR count). The van der Waals surface area contributed by atoms with Gasteiger partial charge in [-0.15, -0.1) is 0 Å². The maximum Gasteiger partial charge on any atom is 0.317 e. The molecule has 6 heteroatoms. The second kappa shape index (κ2) is 5.14. The van der Waals surface area contributed by atoms with Crippen molar-refractivity contribution in [3.05, 3.63) is 0 Å². The standard InChI is InChI=1S/C12H21N3O3/c1-8-5-15(7-10(8)11(16)17)12(18)13-9-3-4-14(2)6-9/h8-10H,3-7H2,1-2H3,(H,13,18)(H,16,17)/t8-,9?,10-/m1/s1. The largest absolute Gasteiger partial charge is 0.481 e. The molecule has 2 aliphatic rings. The Morgan fingerprint density at radius 2 is 2.00 bits per heavy atom. The maximum atomic E-state index is 12.0. The molecule has 1 unspecified atom stereocenters. The number of nitrogens with one attached hydrogen (secondary N) is 1. The van der Waals surface area contributed by atoms with E-state index in [1.807, 2.05) is 14.0 Å². The fraction of sp³-hybridized carbons (Fsp3) is 0.833. The number of carbonyl (C=O) groups is 2. The number of amides is 2. The number of nitrogens with zero attached hydrogens (tertiary/aromatic N) is 2. The minimum atomic E-state index is -0.807. The van der Waals surface area contributed by atoms with E-state index in [9.17, 15) is 9.59 Å². The van der Waals surface area contributed by atoms with Gasteiger partial charge in [-0.2, -0.15) is 0 Å². The van der Waals surface area contributed by atoms with Crippen LogP contribution in [0.1, 0.15) is 13.3 Å². The van der Waals surface area contributed by atoms with Crippen molar-refractivity contribution in [2.45, 2.75) is 19.4 Å². The third kappa shape index (κ3) is 2.75. The third-order valence-corrected chi connectivity index (χ3v) is 3.94. The quantitative estimate of drug-likeness (QED) is 0.731. The minimum absolute atomic E-state index is 0.0273. The molecule has 0 aromatic rings. The number of carboxylic acid groups (broad SMARTS) is 1. The zero-order chi connectivity index (χ0) is 13.3. The Labute approximate surface area is 107 Å². The lowest BCUT2D eigenvalue weighted by molar-refractivity contribution is -0.142. The van der Waals surface area contributed by atoms with Crippen LogP contribution in [0.5, 0.6) is 0 Å². The molecule has 0 saturated carbocycles. The van der Waals surface area contributed by atoms with Crippen molar-refractivity contribution in [3.8, 4) is 0 Å². The molecule has 6 nitrogen and oxygen atoms in total. The summed E-state index contributed by atoms with van der Waals surface area (Å²) in [5, 5.41) is 12.0. The van der Waals surface area contributed by atoms with Crippen molar-refractivity contribution in [2.24, 2.45) is 11.8 Å². The number of hydrogen-bond acceptors (Lipinski definition) is 3. The molecule has 2 saturated heterocycles. The fourth-order valence-corrected chi connectivity index (χ4v) is 2.77. The Morgan fingerprint density at radius 1 is 1.28 bits per heavy atom. The summed E-state index contributed by atoms with van der Waals surface area (Å²) in [7, 11) is 2.03. The first-order chi connectivity index (χ1) is 8.47. The number of hydrogen-bond donors (Lipinski definition) is 2. The second-order valence-electron chi connectivity index (χ2n) is 5.52. The van der Waals surface area contributed by atoms with Crippen LogP contribution in [0.2, 0.25) is 0 Å². The molecule has 102 valence electrons. The Bertz CT molecular complexity index is 347. The smallest absolute Gasteiger partial charge is 0.317 e. The van der Waals surface area contributed by atoms with Crippen LogP contribution in [0, 0.1) is 11.8 Å². The van der Waals surface area contributed by atoms with Gasteiger partial charge < -0.3 is 20.2 Å². The number of likely N-dealkylation sites (N-methyl/N-ethyl adjacent to an activating group) is 1. The normalized spacial score (nSPS) is 32.8. The van der Waals surface area contributed by atoms with E-state index in [0.717, 1.165) is 19.5 Å². The molecule has 2 amide bonds. The highest BCUT2D eigenvalue weighted by atomic mass is 16.4. The molecular weight excluding hydrogens is 234 g/mol. The highest BCUT2D eigenvalue weighted by Crippen LogP contribution is 2.23. The molecule has 0 bridgehead atoms. The number of carboxylic acids is 1. The highest BCUT2D eigenvalue weighted by molar-refractivity contribution is 5.77. The topological polar surface area (TPSA) is 72.9 Å². The van der Waals surface area contributed by atoms with Gasteiger partial charge in [0.1, 0.15) is 0 Å². The summed E-state index contributed by atoms with van der Waals surface area (Å²) >= 11 is 0. The zero-order valence-corrected chi connectivity index (χ0v) is 10.9. The first-order valence-corrected chi connectivity index (χ1v) is 6.44. The molecule has 18 heavy (non-hydrogen) atoms. The summed E-state index contributed by atoms with van der Waals surface area (Å²) in [6.45, 7) is 4.61. The Balaban J connectivity index is 1.85. The van der Waals surface area contributed by atoms with Crippen molar-refractivity contribution < 1.29 is 14.7 Å². The molecule has 0 aromatic carbocycles. The summed E-state index contributed by atoms with van der Waals surface area (Å²) in [5.74, 6) is -1.21. The van der Waals surface area contributed by atoms with Crippen LogP contribution in [0.15, 0.2) is 0 Å². The summed E-state index contributed by atoms with van der Waals surface area (Å²) < 4.78 is 0. The summed E-state index contributed by atoms with van der Waals surface area (Å²) in [5.41, 5.74) is 0. The van der Waals surface area contributed by atoms with Crippen molar-refractivity contribution in [1.29, 1.82) is 0 Å². The van der Waals surface area contributed by atoms with Gasteiger partial charge in [-0.3, -0.25) is 4.79 Å². The molecular formula is C12H21N3O3. The van der Waals surface area contributed by atoms with Gasteiger partial charge in [0.25, 0.3) is 0 Å². The Hall–Kier alpha value is -1.30. The van der Waals surface area contributed by atoms with Crippen molar-refractivity contribution in [1.82, 2.24) is 15.1 Å². The van der Waals surface area contributed by atoms with Gasteiger partial charge in [-0.05, 0) is 25.9 Å². The highest BCUT2D eigenvalue weighted by Gasteiger charge is 2.37. The van der Waals surface area contributed by atoms with Crippen LogP contribution < -0.4 is 5.32 Å². The lowest BCUT2D eigenvalue weighted by atomic mass is 9.99. The molecule has 2 heterocycles. The lowest BCUT2D eigenvalue weighted by Crippen LogP contribution is -2.45. The zero-order valence-electron chi connectivity index (χ0n) is 10.9. The van der Waals surface area contributed by atoms with E-state index in [4.69, 9.17) is 5.11 Å². The van der Waals surface area contributed by atoms with Gasteiger partial charge in [-0.1, -0.05) is 6.92 Å². The van der Waals surface area contributed by atoms with Gasteiger partial charge in [-0.25, -0.2) is 4.79 Å². The predicted molar refractivity (Wildman–Crippen MR) is 66.3 cm³/mol. The average Bonchev–Trinajstić information content (AvgIpc) is 2.85. The molecule has 2 N–H and O–H groups in total. The van der Waals surface area contributed by atoms with E-state index >= 15 is 0 Å². The van der Waals surface area contributed by atoms with Crippen LogP contribution in [0.4, 0.5) is 4.79 Å². The van der Waals surface area contributed by atoms with Crippen molar-refractivity contribution in [3.63, 3.8) is 0 Å². The van der Waals surface area contributed by atoms with E-state index in [2.05, 4.69) is 10.2 Å². The number of rotatable bonds is 2. The first kappa shape index (κ1) is 13.1. The van der Waals surface area contributed by atoms with E-state index in [1.165, 1.54) is 0 Å². The third-order valence-electron chi connectivity index (χ3n) is 3.94. The molecule has 2 aliphatic heterocycles. The number of urea groups is 1. The molecule has 0 aliphatic carbocycles. The second-order valence-corrected chi connectivity index (χ2v) is 5.52. The molecule has 3 atom stereocenters. The SMILES string of the molecule is C[C@@H]1CN(C(=O)NC2CCN(C)C2)C[C@H]1C(=O)O. The van der Waals surface area contributed by atoms with Gasteiger partial charge in [0.15, 0.2) is 0 Å². The van der Waals surface area contributed by atoms with Crippen LogP contribution in [-0.4, -0.2) is 66.2 Å². The molecule has 0 radical (unpaired) electrons. The Kier molecular flexibility index (Phi) is 3.75. The number of likely N-dealkylation sites (tertiary alicyclic amines) is 2. The lowest BCUT2D eigenvalue weighted by Gasteiger charge is -2.20. The van der Waals surface area contributed by atoms with Gasteiger partial charge >= 0.3 is 12.0 Å². The summed E-state index contributed by atoms with van der Waals surface area (Å²) in [6, 6.07) is 0.0765. The predicted octanol–water partition coefficient (Wildman–Crippen LogP) is 0.0526. The van der Waals surface area contributed by atoms with Crippen LogP contribution >= 0.6 is 0 Å². The molecule has 2 fully saturated rings. The first-order valence-electron chi connectivity index (χ1n) is 6.44. The van der Waals surface area contributed by atoms with E-state index < -0.39 is 11.9 Å². The van der Waals surface area contributed by atoms with Crippen LogP contribution in [0.3, 0.4) is 0 Å². The fourth-order valence-electron chi connectivity index (χ4n) is 2.77. The van der Waals surface area contributed by atoms with E-state index in [0.29, 0.717) is 13.1 Å². The van der Waals surface area contributed by atoms with Crippen LogP contribution in [-0.2, 0) is 4.79 Å². The van der Waals surface area contributed by atoms with Gasteiger partial charge in [0, 0.05) is 25.7 Å². The Morgan fingerprint density at radius 3 is 2.50 bits per heavy atom. The summed E-state index contributed by atoms with van der Waals surface area (Å²) in [6.07, 6.45) is 0.966. The maximum absolute atomic E-state index is 12.0. The monoisotopic (exact) mass is 255 g/mol. The average molecular weight is 255 g/mol. The van der Waals surface area contributed by atoms with Crippen molar-refractivity contribution in [2.75, 3.05) is 33.2 Å². The molecule has 0 aromatic heterocycles. The van der Waals surface area contributed by atoms with Gasteiger partial charge in [0.05, 0.1) is 5.92 Å². The van der Waals surface area contributed by atoms with Crippen molar-refractivity contribution >= 4 is 12.0 Å². The number of aliphatic carboxylic acids is 1. The summed E-state index contributed by atoms with van der Waals surface area (Å²) in [4.78, 5) is 26.8. The molecule has 0 spiro atoms. The van der Waals surface area contributed by atoms with E-state index in [1.54, 1.807) is 4.90 Å². The van der Waals surface area contributed by atoms with E-state index in [-0.39, 0.29) is 18.0 Å².